The van der Waals surface area contributed by atoms with Crippen LogP contribution < -0.4 is 14.4 Å². The third-order valence-corrected chi connectivity index (χ3v) is 5.01. The average Bonchev–Trinajstić information content (AvgIpc) is 3.24. The van der Waals surface area contributed by atoms with Gasteiger partial charge in [-0.05, 0) is 47.8 Å². The zero-order valence-corrected chi connectivity index (χ0v) is 16.1. The predicted octanol–water partition coefficient (Wildman–Crippen LogP) is 4.52. The van der Waals surface area contributed by atoms with Crippen LogP contribution in [0, 0.1) is 10.1 Å². The van der Waals surface area contributed by atoms with Gasteiger partial charge in [-0.3, -0.25) is 14.9 Å². The van der Waals surface area contributed by atoms with Gasteiger partial charge in [0.1, 0.15) is 5.75 Å². The Bertz CT molecular complexity index is 971. The van der Waals surface area contributed by atoms with Crippen LogP contribution in [0.5, 0.6) is 11.5 Å². The molecule has 2 aromatic carbocycles. The number of nitro groups is 1. The normalized spacial score (nSPS) is 10.4. The van der Waals surface area contributed by atoms with Gasteiger partial charge >= 0.3 is 5.69 Å². The molecule has 0 bridgehead atoms. The lowest BCUT2D eigenvalue weighted by Crippen LogP contribution is -2.30. The summed E-state index contributed by atoms with van der Waals surface area (Å²) in [5, 5.41) is 13.2. The molecule has 0 unspecified atom stereocenters. The molecule has 0 aliphatic heterocycles. The van der Waals surface area contributed by atoms with E-state index >= 15 is 0 Å². The predicted molar refractivity (Wildman–Crippen MR) is 107 cm³/mol. The second-order valence-electron chi connectivity index (χ2n) is 5.81. The molecule has 0 fully saturated rings. The molecule has 1 aromatic heterocycles. The number of thiophene rings is 1. The number of nitrogens with zero attached hydrogens (tertiary/aromatic N) is 2. The van der Waals surface area contributed by atoms with Crippen molar-refractivity contribution in [2.24, 2.45) is 0 Å². The van der Waals surface area contributed by atoms with Gasteiger partial charge in [0.2, 0.25) is 0 Å². The molecule has 0 aliphatic rings. The molecular formula is C20H18N2O5S. The molecule has 1 heterocycles. The SMILES string of the molecule is COc1ccc(N(Cc2cccs2)C(=O)c2ccc(OC)c([N+](=O)[O-])c2)cc1. The number of methoxy groups -OCH3 is 2. The summed E-state index contributed by atoms with van der Waals surface area (Å²) in [6.45, 7) is 0.350. The Hall–Kier alpha value is -3.39. The highest BCUT2D eigenvalue weighted by molar-refractivity contribution is 7.09. The standard InChI is InChI=1S/C20H18N2O5S/c1-26-16-8-6-15(7-9-16)21(13-17-4-3-11-28-17)20(23)14-5-10-19(27-2)18(12-14)22(24)25/h3-12H,13H2,1-2H3. The Morgan fingerprint density at radius 3 is 2.43 bits per heavy atom. The van der Waals surface area contributed by atoms with Crippen molar-refractivity contribution in [2.45, 2.75) is 6.54 Å². The minimum absolute atomic E-state index is 0.107. The zero-order chi connectivity index (χ0) is 20.1. The van der Waals surface area contributed by atoms with Crippen LogP contribution in [-0.4, -0.2) is 25.1 Å². The molecule has 0 radical (unpaired) electrons. The molecule has 1 amide bonds. The van der Waals surface area contributed by atoms with Gasteiger partial charge in [0, 0.05) is 22.2 Å². The number of benzene rings is 2. The number of hydrogen-bond acceptors (Lipinski definition) is 6. The first-order valence-electron chi connectivity index (χ1n) is 8.34. The Balaban J connectivity index is 2.00. The maximum Gasteiger partial charge on any atom is 0.311 e. The van der Waals surface area contributed by atoms with E-state index in [9.17, 15) is 14.9 Å². The van der Waals surface area contributed by atoms with Crippen LogP contribution in [0.2, 0.25) is 0 Å². The molecule has 0 spiro atoms. The van der Waals surface area contributed by atoms with Crippen LogP contribution in [0.1, 0.15) is 15.2 Å². The minimum atomic E-state index is -0.563. The quantitative estimate of drug-likeness (QED) is 0.432. The summed E-state index contributed by atoms with van der Waals surface area (Å²) < 4.78 is 10.2. The number of nitro benzene ring substituents is 1. The van der Waals surface area contributed by atoms with E-state index in [2.05, 4.69) is 0 Å². The number of carbonyl (C=O) groups is 1. The molecule has 0 N–H and O–H groups in total. The van der Waals surface area contributed by atoms with Gasteiger partial charge in [-0.25, -0.2) is 0 Å². The van der Waals surface area contributed by atoms with Crippen molar-refractivity contribution < 1.29 is 19.2 Å². The van der Waals surface area contributed by atoms with Crippen molar-refractivity contribution in [3.05, 3.63) is 80.5 Å². The molecule has 0 saturated heterocycles. The smallest absolute Gasteiger partial charge is 0.311 e. The summed E-state index contributed by atoms with van der Waals surface area (Å²) >= 11 is 1.53. The van der Waals surface area contributed by atoms with Gasteiger partial charge < -0.3 is 14.4 Å². The maximum absolute atomic E-state index is 13.2. The van der Waals surface area contributed by atoms with Crippen LogP contribution >= 0.6 is 11.3 Å². The number of carbonyl (C=O) groups excluding carboxylic acids is 1. The van der Waals surface area contributed by atoms with Crippen LogP contribution in [0.25, 0.3) is 0 Å². The number of hydrogen-bond donors (Lipinski definition) is 0. The first-order valence-corrected chi connectivity index (χ1v) is 9.22. The molecule has 3 rings (SSSR count). The first kappa shape index (κ1) is 19.4. The van der Waals surface area contributed by atoms with E-state index in [0.717, 1.165) is 4.88 Å². The maximum atomic E-state index is 13.2. The number of ether oxygens (including phenoxy) is 2. The summed E-state index contributed by atoms with van der Waals surface area (Å²) in [5.74, 6) is 0.437. The van der Waals surface area contributed by atoms with Gasteiger partial charge in [0.05, 0.1) is 25.7 Å². The second kappa shape index (κ2) is 8.53. The lowest BCUT2D eigenvalue weighted by Gasteiger charge is -2.23. The third-order valence-electron chi connectivity index (χ3n) is 4.15. The molecule has 28 heavy (non-hydrogen) atoms. The molecule has 0 atom stereocenters. The van der Waals surface area contributed by atoms with E-state index in [1.54, 1.807) is 36.3 Å². The van der Waals surface area contributed by atoms with Gasteiger partial charge in [-0.15, -0.1) is 11.3 Å². The fourth-order valence-corrected chi connectivity index (χ4v) is 3.42. The Labute approximate surface area is 165 Å². The Kier molecular flexibility index (Phi) is 5.90. The lowest BCUT2D eigenvalue weighted by atomic mass is 10.1. The summed E-state index contributed by atoms with van der Waals surface area (Å²) in [5.41, 5.74) is 0.622. The average molecular weight is 398 g/mol. The summed E-state index contributed by atoms with van der Waals surface area (Å²) in [6.07, 6.45) is 0. The van der Waals surface area contributed by atoms with E-state index in [4.69, 9.17) is 9.47 Å². The zero-order valence-electron chi connectivity index (χ0n) is 15.3. The van der Waals surface area contributed by atoms with Gasteiger partial charge in [-0.1, -0.05) is 6.07 Å². The van der Waals surface area contributed by atoms with Crippen molar-refractivity contribution in [1.29, 1.82) is 0 Å². The molecular weight excluding hydrogens is 380 g/mol. The molecule has 7 nitrogen and oxygen atoms in total. The summed E-state index contributed by atoms with van der Waals surface area (Å²) in [4.78, 5) is 26.6. The van der Waals surface area contributed by atoms with Gasteiger partial charge in [-0.2, -0.15) is 0 Å². The second-order valence-corrected chi connectivity index (χ2v) is 6.84. The van der Waals surface area contributed by atoms with Gasteiger partial charge in [0.15, 0.2) is 5.75 Å². The van der Waals surface area contributed by atoms with Crippen molar-refractivity contribution >= 4 is 28.6 Å². The van der Waals surface area contributed by atoms with Crippen LogP contribution in [-0.2, 0) is 6.54 Å². The monoisotopic (exact) mass is 398 g/mol. The Morgan fingerprint density at radius 2 is 1.86 bits per heavy atom. The van der Waals surface area contributed by atoms with Crippen molar-refractivity contribution in [1.82, 2.24) is 0 Å². The van der Waals surface area contributed by atoms with E-state index in [1.165, 1.54) is 36.6 Å². The van der Waals surface area contributed by atoms with Crippen molar-refractivity contribution in [2.75, 3.05) is 19.1 Å². The summed E-state index contributed by atoms with van der Waals surface area (Å²) in [7, 11) is 2.92. The third kappa shape index (κ3) is 4.12. The molecule has 3 aromatic rings. The fraction of sp³-hybridized carbons (Fsp3) is 0.150. The number of amides is 1. The van der Waals surface area contributed by atoms with Crippen LogP contribution in [0.15, 0.2) is 60.0 Å². The van der Waals surface area contributed by atoms with Gasteiger partial charge in [0.25, 0.3) is 5.91 Å². The molecule has 8 heteroatoms. The number of anilines is 1. The number of rotatable bonds is 7. The first-order chi connectivity index (χ1) is 13.5. The topological polar surface area (TPSA) is 81.9 Å². The van der Waals surface area contributed by atoms with E-state index in [-0.39, 0.29) is 22.9 Å². The molecule has 144 valence electrons. The highest BCUT2D eigenvalue weighted by Gasteiger charge is 2.23. The van der Waals surface area contributed by atoms with Crippen molar-refractivity contribution in [3.8, 4) is 11.5 Å². The fourth-order valence-electron chi connectivity index (χ4n) is 2.72. The van der Waals surface area contributed by atoms with Crippen LogP contribution in [0.4, 0.5) is 11.4 Å². The highest BCUT2D eigenvalue weighted by atomic mass is 32.1. The molecule has 0 saturated carbocycles. The van der Waals surface area contributed by atoms with Crippen molar-refractivity contribution in [3.63, 3.8) is 0 Å². The largest absolute Gasteiger partial charge is 0.497 e. The minimum Gasteiger partial charge on any atom is -0.497 e. The summed E-state index contributed by atoms with van der Waals surface area (Å²) in [6, 6.07) is 15.1. The van der Waals surface area contributed by atoms with E-state index in [0.29, 0.717) is 18.0 Å². The van der Waals surface area contributed by atoms with E-state index < -0.39 is 4.92 Å². The lowest BCUT2D eigenvalue weighted by molar-refractivity contribution is -0.385. The Morgan fingerprint density at radius 1 is 1.11 bits per heavy atom. The molecule has 0 aliphatic carbocycles. The van der Waals surface area contributed by atoms with E-state index in [1.807, 2.05) is 17.5 Å². The highest BCUT2D eigenvalue weighted by Crippen LogP contribution is 2.30. The van der Waals surface area contributed by atoms with Crippen LogP contribution in [0.3, 0.4) is 0 Å².